The first-order valence-corrected chi connectivity index (χ1v) is 4.48. The second kappa shape index (κ2) is 4.32. The Morgan fingerprint density at radius 1 is 1.33 bits per heavy atom. The van der Waals surface area contributed by atoms with Gasteiger partial charge in [0.05, 0.1) is 0 Å². The maximum atomic E-state index is 10.1. The third kappa shape index (κ3) is 2.17. The molecule has 0 unspecified atom stereocenters. The number of nitrogens with zero attached hydrogens (tertiary/aromatic N) is 3. The first-order valence-electron chi connectivity index (χ1n) is 4.48. The lowest BCUT2D eigenvalue weighted by Gasteiger charge is -1.99. The van der Waals surface area contributed by atoms with Crippen molar-refractivity contribution in [3.8, 4) is 5.82 Å². The van der Waals surface area contributed by atoms with E-state index < -0.39 is 0 Å². The largest absolute Gasteiger partial charge is 0.299 e. The molecule has 4 nitrogen and oxygen atoms in total. The molecule has 15 heavy (non-hydrogen) atoms. The zero-order valence-corrected chi connectivity index (χ0v) is 7.95. The number of rotatable bonds is 3. The van der Waals surface area contributed by atoms with Crippen LogP contribution in [0, 0.1) is 0 Å². The Labute approximate surface area is 86.9 Å². The van der Waals surface area contributed by atoms with Gasteiger partial charge in [0.2, 0.25) is 0 Å². The smallest absolute Gasteiger partial charge is 0.153 e. The average molecular weight is 199 g/mol. The molecular weight excluding hydrogens is 190 g/mol. The van der Waals surface area contributed by atoms with Gasteiger partial charge < -0.3 is 0 Å². The Morgan fingerprint density at radius 3 is 2.87 bits per heavy atom. The van der Waals surface area contributed by atoms with Gasteiger partial charge in [-0.1, -0.05) is 6.08 Å². The van der Waals surface area contributed by atoms with Gasteiger partial charge in [0, 0.05) is 18.6 Å². The summed E-state index contributed by atoms with van der Waals surface area (Å²) in [6.45, 7) is 0. The summed E-state index contributed by atoms with van der Waals surface area (Å²) in [5, 5.41) is 4.06. The van der Waals surface area contributed by atoms with Crippen molar-refractivity contribution in [3.05, 3.63) is 48.4 Å². The molecule has 0 N–H and O–H groups in total. The van der Waals surface area contributed by atoms with Crippen LogP contribution in [-0.2, 0) is 4.79 Å². The van der Waals surface area contributed by atoms with Crippen LogP contribution in [0.3, 0.4) is 0 Å². The van der Waals surface area contributed by atoms with Crippen LogP contribution in [0.25, 0.3) is 11.9 Å². The highest BCUT2D eigenvalue weighted by Gasteiger charge is 1.95. The third-order valence-corrected chi connectivity index (χ3v) is 1.88. The lowest BCUT2D eigenvalue weighted by molar-refractivity contribution is -0.104. The number of pyridine rings is 1. The average Bonchev–Trinajstić information content (AvgIpc) is 2.80. The van der Waals surface area contributed by atoms with E-state index in [-0.39, 0.29) is 0 Å². The molecule has 74 valence electrons. The Morgan fingerprint density at radius 2 is 2.27 bits per heavy atom. The van der Waals surface area contributed by atoms with Crippen LogP contribution >= 0.6 is 0 Å². The number of allylic oxidation sites excluding steroid dienone is 1. The molecule has 2 aromatic heterocycles. The van der Waals surface area contributed by atoms with Crippen molar-refractivity contribution in [2.24, 2.45) is 0 Å². The summed E-state index contributed by atoms with van der Waals surface area (Å²) in [4.78, 5) is 14.3. The Bertz CT molecular complexity index is 457. The molecule has 0 aliphatic heterocycles. The SMILES string of the molecule is O=CC=Cc1ccc(-n2cccn2)nc1. The van der Waals surface area contributed by atoms with Gasteiger partial charge in [-0.2, -0.15) is 5.10 Å². The van der Waals surface area contributed by atoms with E-state index in [0.717, 1.165) is 17.7 Å². The fraction of sp³-hybridized carbons (Fsp3) is 0. The van der Waals surface area contributed by atoms with E-state index in [4.69, 9.17) is 0 Å². The molecule has 2 rings (SSSR count). The maximum Gasteiger partial charge on any atom is 0.153 e. The molecule has 0 bridgehead atoms. The predicted molar refractivity (Wildman–Crippen MR) is 56.5 cm³/mol. The van der Waals surface area contributed by atoms with E-state index in [1.807, 2.05) is 24.4 Å². The number of aromatic nitrogens is 3. The Kier molecular flexibility index (Phi) is 2.69. The molecule has 4 heteroatoms. The molecule has 0 spiro atoms. The third-order valence-electron chi connectivity index (χ3n) is 1.88. The summed E-state index contributed by atoms with van der Waals surface area (Å²) >= 11 is 0. The molecule has 0 aliphatic rings. The van der Waals surface area contributed by atoms with Gasteiger partial charge in [-0.05, 0) is 29.8 Å². The van der Waals surface area contributed by atoms with Crippen LogP contribution in [-0.4, -0.2) is 21.1 Å². The molecule has 0 aliphatic carbocycles. The summed E-state index contributed by atoms with van der Waals surface area (Å²) in [5.74, 6) is 0.753. The van der Waals surface area contributed by atoms with Gasteiger partial charge in [-0.3, -0.25) is 4.79 Å². The second-order valence-electron chi connectivity index (χ2n) is 2.90. The van der Waals surface area contributed by atoms with E-state index in [0.29, 0.717) is 0 Å². The van der Waals surface area contributed by atoms with Crippen molar-refractivity contribution in [1.29, 1.82) is 0 Å². The lowest BCUT2D eigenvalue weighted by atomic mass is 10.2. The summed E-state index contributed by atoms with van der Waals surface area (Å²) in [7, 11) is 0. The van der Waals surface area contributed by atoms with Gasteiger partial charge >= 0.3 is 0 Å². The highest BCUT2D eigenvalue weighted by atomic mass is 16.1. The molecule has 0 atom stereocenters. The standard InChI is InChI=1S/C11H9N3O/c15-8-1-3-10-4-5-11(12-9-10)14-7-2-6-13-14/h1-9H. The van der Waals surface area contributed by atoms with Gasteiger partial charge in [-0.15, -0.1) is 0 Å². The quantitative estimate of drug-likeness (QED) is 0.555. The van der Waals surface area contributed by atoms with Crippen LogP contribution in [0.15, 0.2) is 42.9 Å². The highest BCUT2D eigenvalue weighted by Crippen LogP contribution is 2.05. The summed E-state index contributed by atoms with van der Waals surface area (Å²) < 4.78 is 1.67. The summed E-state index contributed by atoms with van der Waals surface area (Å²) in [5.41, 5.74) is 0.887. The number of carbonyl (C=O) groups excluding carboxylic acids is 1. The summed E-state index contributed by atoms with van der Waals surface area (Å²) in [6, 6.07) is 5.56. The van der Waals surface area contributed by atoms with Crippen LogP contribution in [0.4, 0.5) is 0 Å². The number of hydrogen-bond acceptors (Lipinski definition) is 3. The van der Waals surface area contributed by atoms with E-state index in [1.165, 1.54) is 6.08 Å². The fourth-order valence-corrected chi connectivity index (χ4v) is 1.19. The topological polar surface area (TPSA) is 47.8 Å². The lowest BCUT2D eigenvalue weighted by Crippen LogP contribution is -1.96. The van der Waals surface area contributed by atoms with Crippen LogP contribution < -0.4 is 0 Å². The Balaban J connectivity index is 2.24. The number of aldehydes is 1. The van der Waals surface area contributed by atoms with Gasteiger partial charge in [-0.25, -0.2) is 9.67 Å². The van der Waals surface area contributed by atoms with Crippen molar-refractivity contribution in [2.45, 2.75) is 0 Å². The van der Waals surface area contributed by atoms with Crippen molar-refractivity contribution in [3.63, 3.8) is 0 Å². The monoisotopic (exact) mass is 199 g/mol. The maximum absolute atomic E-state index is 10.1. The number of hydrogen-bond donors (Lipinski definition) is 0. The fourth-order valence-electron chi connectivity index (χ4n) is 1.19. The molecular formula is C11H9N3O. The molecule has 0 fully saturated rings. The highest BCUT2D eigenvalue weighted by molar-refractivity contribution is 5.73. The van der Waals surface area contributed by atoms with E-state index in [9.17, 15) is 4.79 Å². The zero-order valence-electron chi connectivity index (χ0n) is 7.95. The minimum atomic E-state index is 0.738. The van der Waals surface area contributed by atoms with Crippen LogP contribution in [0.5, 0.6) is 0 Å². The second-order valence-corrected chi connectivity index (χ2v) is 2.90. The van der Waals surface area contributed by atoms with Crippen molar-refractivity contribution in [2.75, 3.05) is 0 Å². The summed E-state index contributed by atoms with van der Waals surface area (Å²) in [6.07, 6.45) is 9.08. The van der Waals surface area contributed by atoms with Gasteiger partial charge in [0.15, 0.2) is 5.82 Å². The number of carbonyl (C=O) groups is 1. The Hall–Kier alpha value is -2.23. The van der Waals surface area contributed by atoms with Gasteiger partial charge in [0.1, 0.15) is 6.29 Å². The molecule has 2 aromatic rings. The minimum absolute atomic E-state index is 0.738. The first-order chi connectivity index (χ1) is 7.40. The molecule has 0 saturated heterocycles. The van der Waals surface area contributed by atoms with E-state index in [1.54, 1.807) is 23.2 Å². The molecule has 0 amide bonds. The van der Waals surface area contributed by atoms with Crippen molar-refractivity contribution < 1.29 is 4.79 Å². The van der Waals surface area contributed by atoms with E-state index in [2.05, 4.69) is 10.1 Å². The minimum Gasteiger partial charge on any atom is -0.299 e. The van der Waals surface area contributed by atoms with Crippen LogP contribution in [0.2, 0.25) is 0 Å². The molecule has 0 aromatic carbocycles. The van der Waals surface area contributed by atoms with Gasteiger partial charge in [0.25, 0.3) is 0 Å². The van der Waals surface area contributed by atoms with Crippen LogP contribution in [0.1, 0.15) is 5.56 Å². The first kappa shape index (κ1) is 9.33. The normalized spacial score (nSPS) is 10.7. The van der Waals surface area contributed by atoms with Crippen molar-refractivity contribution >= 4 is 12.4 Å². The van der Waals surface area contributed by atoms with Crippen molar-refractivity contribution in [1.82, 2.24) is 14.8 Å². The molecule has 2 heterocycles. The zero-order chi connectivity index (χ0) is 10.5. The molecule has 0 saturated carbocycles. The van der Waals surface area contributed by atoms with E-state index >= 15 is 0 Å². The molecule has 0 radical (unpaired) electrons. The predicted octanol–water partition coefficient (Wildman–Crippen LogP) is 1.48.